The first-order chi connectivity index (χ1) is 27.3. The van der Waals surface area contributed by atoms with E-state index in [0.717, 1.165) is 33.8 Å². The molecule has 0 aliphatic carbocycles. The molecule has 0 unspecified atom stereocenters. The largest absolute Gasteiger partial charge is 0.490 e. The van der Waals surface area contributed by atoms with Crippen molar-refractivity contribution in [2.24, 2.45) is 0 Å². The number of rotatable bonds is 8. The van der Waals surface area contributed by atoms with Crippen LogP contribution in [-0.4, -0.2) is 37.2 Å². The van der Waals surface area contributed by atoms with Crippen LogP contribution in [0.4, 0.5) is 11.4 Å². The Balaban J connectivity index is 0.000000172. The average molecular weight is 845 g/mol. The number of fused-ring (bicyclic) bond motifs is 2. The average Bonchev–Trinajstić information content (AvgIpc) is 3.23. The summed E-state index contributed by atoms with van der Waals surface area (Å²) in [5.41, 5.74) is 4.89. The predicted octanol–water partition coefficient (Wildman–Crippen LogP) is 11.8. The molecule has 0 aromatic heterocycles. The Morgan fingerprint density at radius 2 is 0.946 bits per heavy atom. The van der Waals surface area contributed by atoms with Crippen molar-refractivity contribution in [1.82, 2.24) is 0 Å². The third-order valence-corrected chi connectivity index (χ3v) is 10.5. The zero-order chi connectivity index (χ0) is 39.0. The number of hydrogen-bond acceptors (Lipinski definition) is 6. The SMILES string of the molecule is O=C(c1cc(Cl)c(OCc2ccccc2)c(Cl)c1)N1CCOc2ccccc21.S=C(c1cc(Cl)c(OCc2ccccc2)c(Cl)c1)N1CCOc2ccccc21. The van der Waals surface area contributed by atoms with E-state index >= 15 is 0 Å². The topological polar surface area (TPSA) is 60.5 Å². The number of carbonyl (C=O) groups excluding carboxylic acids is 1. The normalized spacial score (nSPS) is 12.9. The van der Waals surface area contributed by atoms with Gasteiger partial charge in [-0.15, -0.1) is 0 Å². The van der Waals surface area contributed by atoms with E-state index in [0.29, 0.717) is 87.4 Å². The fourth-order valence-corrected chi connectivity index (χ4v) is 7.67. The highest BCUT2D eigenvalue weighted by Crippen LogP contribution is 2.39. The van der Waals surface area contributed by atoms with Gasteiger partial charge in [-0.05, 0) is 59.7 Å². The minimum atomic E-state index is -0.186. The zero-order valence-corrected chi connectivity index (χ0v) is 33.6. The van der Waals surface area contributed by atoms with Gasteiger partial charge in [0.05, 0.1) is 44.6 Å². The van der Waals surface area contributed by atoms with Gasteiger partial charge in [-0.25, -0.2) is 0 Å². The van der Waals surface area contributed by atoms with Gasteiger partial charge in [0, 0.05) is 11.1 Å². The molecule has 0 N–H and O–H groups in total. The standard InChI is InChI=1S/C22H17Cl2NO3.C22H17Cl2NO2S/c23-17-12-16(13-18(24)21(17)28-14-15-6-2-1-3-7-15)22(26)25-10-11-27-20-9-5-4-8-19(20)25;23-17-12-16(13-18(24)21(17)27-14-15-6-2-1-3-7-15)22(28)25-10-11-26-20-9-5-4-8-19(20)25/h2*1-9,12-13H,10-11,14H2. The maximum absolute atomic E-state index is 13.1. The van der Waals surface area contributed by atoms with E-state index in [9.17, 15) is 4.79 Å². The highest BCUT2D eigenvalue weighted by Gasteiger charge is 2.26. The van der Waals surface area contributed by atoms with E-state index in [-0.39, 0.29) is 5.91 Å². The van der Waals surface area contributed by atoms with E-state index in [4.69, 9.17) is 77.6 Å². The first kappa shape index (κ1) is 39.3. The van der Waals surface area contributed by atoms with Crippen molar-refractivity contribution < 1.29 is 23.7 Å². The first-order valence-corrected chi connectivity index (χ1v) is 19.6. The van der Waals surface area contributed by atoms with Crippen LogP contribution in [-0.2, 0) is 13.2 Å². The Bertz CT molecular complexity index is 2140. The highest BCUT2D eigenvalue weighted by atomic mass is 35.5. The molecule has 0 bridgehead atoms. The van der Waals surface area contributed by atoms with Gasteiger partial charge in [0.2, 0.25) is 0 Å². The Labute approximate surface area is 350 Å². The predicted molar refractivity (Wildman–Crippen MR) is 229 cm³/mol. The fraction of sp³-hybridized carbons (Fsp3) is 0.136. The molecule has 0 spiro atoms. The molecule has 6 aromatic carbocycles. The number of benzene rings is 6. The highest BCUT2D eigenvalue weighted by molar-refractivity contribution is 7.81. The molecule has 1 amide bonds. The molecule has 8 rings (SSSR count). The lowest BCUT2D eigenvalue weighted by atomic mass is 10.1. The minimum absolute atomic E-state index is 0.186. The molecule has 0 saturated carbocycles. The van der Waals surface area contributed by atoms with E-state index < -0.39 is 0 Å². The lowest BCUT2D eigenvalue weighted by Crippen LogP contribution is -2.37. The van der Waals surface area contributed by atoms with Crippen molar-refractivity contribution in [1.29, 1.82) is 0 Å². The van der Waals surface area contributed by atoms with Crippen LogP contribution in [0.15, 0.2) is 133 Å². The molecule has 0 radical (unpaired) electrons. The number of halogens is 4. The maximum atomic E-state index is 13.1. The summed E-state index contributed by atoms with van der Waals surface area (Å²) in [5, 5.41) is 1.46. The van der Waals surface area contributed by atoms with Crippen molar-refractivity contribution in [3.8, 4) is 23.0 Å². The second kappa shape index (κ2) is 18.3. The molecule has 6 aromatic rings. The molecule has 2 aliphatic rings. The Kier molecular flexibility index (Phi) is 12.9. The summed E-state index contributed by atoms with van der Waals surface area (Å²) >= 11 is 31.4. The smallest absolute Gasteiger partial charge is 0.258 e. The Morgan fingerprint density at radius 3 is 1.43 bits per heavy atom. The van der Waals surface area contributed by atoms with Gasteiger partial charge < -0.3 is 28.7 Å². The van der Waals surface area contributed by atoms with E-state index in [2.05, 4.69) is 0 Å². The Hall–Kier alpha value is -4.96. The molecule has 0 fully saturated rings. The third kappa shape index (κ3) is 9.18. The maximum Gasteiger partial charge on any atom is 0.258 e. The molecule has 2 heterocycles. The van der Waals surface area contributed by atoms with Crippen LogP contribution in [0.1, 0.15) is 27.0 Å². The summed E-state index contributed by atoms with van der Waals surface area (Å²) in [6.45, 7) is 2.85. The summed E-state index contributed by atoms with van der Waals surface area (Å²) in [4.78, 5) is 17.4. The minimum Gasteiger partial charge on any atom is -0.490 e. The van der Waals surface area contributed by atoms with Crippen molar-refractivity contribution in [3.63, 3.8) is 0 Å². The van der Waals surface area contributed by atoms with E-state index in [1.165, 1.54) is 0 Å². The summed E-state index contributed by atoms with van der Waals surface area (Å²) in [6.07, 6.45) is 0. The first-order valence-electron chi connectivity index (χ1n) is 17.7. The number of thiocarbonyl (C=S) groups is 1. The van der Waals surface area contributed by atoms with Crippen LogP contribution in [0.25, 0.3) is 0 Å². The molecular weight excluding hydrogens is 810 g/mol. The van der Waals surface area contributed by atoms with E-state index in [1.807, 2.05) is 114 Å². The molecular formula is C44H34Cl4N2O5S. The quantitative estimate of drug-likeness (QED) is 0.141. The third-order valence-electron chi connectivity index (χ3n) is 8.89. The fourth-order valence-electron chi connectivity index (χ4n) is 6.17. The molecule has 7 nitrogen and oxygen atoms in total. The second-order valence-electron chi connectivity index (χ2n) is 12.6. The van der Waals surface area contributed by atoms with Gasteiger partial charge >= 0.3 is 0 Å². The summed E-state index contributed by atoms with van der Waals surface area (Å²) < 4.78 is 23.0. The molecule has 284 valence electrons. The van der Waals surface area contributed by atoms with Crippen molar-refractivity contribution in [2.45, 2.75) is 13.2 Å². The van der Waals surface area contributed by atoms with Gasteiger partial charge in [0.1, 0.15) is 42.9 Å². The van der Waals surface area contributed by atoms with Gasteiger partial charge in [0.15, 0.2) is 11.5 Å². The number of ether oxygens (including phenoxy) is 4. The van der Waals surface area contributed by atoms with Gasteiger partial charge in [-0.1, -0.05) is 144 Å². The van der Waals surface area contributed by atoms with Gasteiger partial charge in [0.25, 0.3) is 5.91 Å². The number of carbonyl (C=O) groups is 1. The lowest BCUT2D eigenvalue weighted by Gasteiger charge is -2.31. The van der Waals surface area contributed by atoms with E-state index in [1.54, 1.807) is 29.2 Å². The second-order valence-corrected chi connectivity index (χ2v) is 14.6. The molecule has 2 aliphatic heterocycles. The zero-order valence-electron chi connectivity index (χ0n) is 29.8. The van der Waals surface area contributed by atoms with Crippen LogP contribution in [0.2, 0.25) is 20.1 Å². The number of anilines is 2. The lowest BCUT2D eigenvalue weighted by molar-refractivity contribution is 0.0976. The number of hydrogen-bond donors (Lipinski definition) is 0. The van der Waals surface area contributed by atoms with Gasteiger partial charge in [-0.3, -0.25) is 4.79 Å². The van der Waals surface area contributed by atoms with Crippen LogP contribution in [0.5, 0.6) is 23.0 Å². The number of amides is 1. The van der Waals surface area contributed by atoms with Crippen LogP contribution in [0.3, 0.4) is 0 Å². The van der Waals surface area contributed by atoms with Crippen LogP contribution < -0.4 is 28.7 Å². The summed E-state index contributed by atoms with van der Waals surface area (Å²) in [6, 6.07) is 41.6. The monoisotopic (exact) mass is 842 g/mol. The van der Waals surface area contributed by atoms with Crippen LogP contribution >= 0.6 is 58.6 Å². The van der Waals surface area contributed by atoms with Gasteiger partial charge in [-0.2, -0.15) is 0 Å². The molecule has 56 heavy (non-hydrogen) atoms. The van der Waals surface area contributed by atoms with Crippen LogP contribution in [0, 0.1) is 0 Å². The summed E-state index contributed by atoms with van der Waals surface area (Å²) in [7, 11) is 0. The molecule has 12 heteroatoms. The van der Waals surface area contributed by atoms with Crippen molar-refractivity contribution in [3.05, 3.63) is 176 Å². The number of para-hydroxylation sites is 4. The van der Waals surface area contributed by atoms with Crippen molar-refractivity contribution >= 4 is 80.9 Å². The molecule has 0 atom stereocenters. The number of nitrogens with zero attached hydrogens (tertiary/aromatic N) is 2. The van der Waals surface area contributed by atoms with Crippen molar-refractivity contribution in [2.75, 3.05) is 36.1 Å². The Morgan fingerprint density at radius 1 is 0.554 bits per heavy atom. The summed E-state index contributed by atoms with van der Waals surface area (Å²) in [5.74, 6) is 2.14. The molecule has 0 saturated heterocycles.